The van der Waals surface area contributed by atoms with Crippen LogP contribution in [0, 0.1) is 0 Å². The minimum absolute atomic E-state index is 0.234. The Labute approximate surface area is 187 Å². The van der Waals surface area contributed by atoms with Crippen LogP contribution in [0.1, 0.15) is 26.3 Å². The van der Waals surface area contributed by atoms with Crippen molar-refractivity contribution in [1.82, 2.24) is 5.32 Å². The fraction of sp³-hybridized carbons (Fsp3) is 0.111. The second kappa shape index (κ2) is 9.79. The fourth-order valence-electron chi connectivity index (χ4n) is 3.61. The van der Waals surface area contributed by atoms with Gasteiger partial charge in [0.05, 0.1) is 23.9 Å². The summed E-state index contributed by atoms with van der Waals surface area (Å²) in [5.74, 6) is -0.0922. The van der Waals surface area contributed by atoms with E-state index in [2.05, 4.69) is 10.6 Å². The van der Waals surface area contributed by atoms with Crippen molar-refractivity contribution in [3.8, 4) is 5.75 Å². The molecule has 2 N–H and O–H groups in total. The number of nitrogens with one attached hydrogen (secondary N) is 2. The van der Waals surface area contributed by atoms with Crippen LogP contribution < -0.4 is 15.4 Å². The third-order valence-electron chi connectivity index (χ3n) is 5.27. The molecule has 5 heteroatoms. The SMILES string of the molecule is COc1cc2ccccc2cc1C(=O)Nc1ccccc1C(=O)NCCc1ccccc1. The first-order chi connectivity index (χ1) is 15.7. The third-order valence-corrected chi connectivity index (χ3v) is 5.27. The summed E-state index contributed by atoms with van der Waals surface area (Å²) in [6.07, 6.45) is 0.732. The molecule has 0 fully saturated rings. The molecule has 0 saturated carbocycles. The molecule has 4 aromatic carbocycles. The lowest BCUT2D eigenvalue weighted by atomic mass is 10.0. The Kier molecular flexibility index (Phi) is 6.46. The average molecular weight is 425 g/mol. The van der Waals surface area contributed by atoms with E-state index in [1.54, 1.807) is 30.3 Å². The van der Waals surface area contributed by atoms with Crippen molar-refractivity contribution >= 4 is 28.3 Å². The van der Waals surface area contributed by atoms with E-state index in [0.29, 0.717) is 29.1 Å². The van der Waals surface area contributed by atoms with Gasteiger partial charge in [-0.05, 0) is 47.0 Å². The van der Waals surface area contributed by atoms with Gasteiger partial charge < -0.3 is 15.4 Å². The molecule has 0 atom stereocenters. The predicted octanol–water partition coefficient (Wildman–Crippen LogP) is 5.07. The van der Waals surface area contributed by atoms with E-state index in [1.165, 1.54) is 7.11 Å². The normalized spacial score (nSPS) is 10.5. The van der Waals surface area contributed by atoms with Gasteiger partial charge in [-0.15, -0.1) is 0 Å². The van der Waals surface area contributed by atoms with Gasteiger partial charge in [-0.3, -0.25) is 9.59 Å². The van der Waals surface area contributed by atoms with Crippen molar-refractivity contribution in [3.63, 3.8) is 0 Å². The van der Waals surface area contributed by atoms with E-state index in [-0.39, 0.29) is 11.8 Å². The highest BCUT2D eigenvalue weighted by Crippen LogP contribution is 2.27. The first kappa shape index (κ1) is 21.1. The number of hydrogen-bond acceptors (Lipinski definition) is 3. The molecule has 0 bridgehead atoms. The highest BCUT2D eigenvalue weighted by atomic mass is 16.5. The maximum atomic E-state index is 13.1. The van der Waals surface area contributed by atoms with E-state index >= 15 is 0 Å². The number of ether oxygens (including phenoxy) is 1. The maximum absolute atomic E-state index is 13.1. The molecule has 160 valence electrons. The number of hydrogen-bond donors (Lipinski definition) is 2. The Morgan fingerprint density at radius 1 is 0.750 bits per heavy atom. The van der Waals surface area contributed by atoms with Crippen LogP contribution in [0.2, 0.25) is 0 Å². The lowest BCUT2D eigenvalue weighted by Gasteiger charge is -2.14. The van der Waals surface area contributed by atoms with E-state index < -0.39 is 0 Å². The molecule has 0 radical (unpaired) electrons. The predicted molar refractivity (Wildman–Crippen MR) is 127 cm³/mol. The number of carbonyl (C=O) groups is 2. The summed E-state index contributed by atoms with van der Waals surface area (Å²) in [7, 11) is 1.54. The number of para-hydroxylation sites is 1. The summed E-state index contributed by atoms with van der Waals surface area (Å²) in [5, 5.41) is 7.73. The smallest absolute Gasteiger partial charge is 0.259 e. The van der Waals surface area contributed by atoms with Gasteiger partial charge in [0.25, 0.3) is 11.8 Å². The van der Waals surface area contributed by atoms with Gasteiger partial charge in [0.1, 0.15) is 5.75 Å². The minimum Gasteiger partial charge on any atom is -0.496 e. The Bertz CT molecular complexity index is 1250. The lowest BCUT2D eigenvalue weighted by molar-refractivity contribution is 0.0955. The largest absolute Gasteiger partial charge is 0.496 e. The molecule has 4 rings (SSSR count). The van der Waals surface area contributed by atoms with Crippen LogP contribution >= 0.6 is 0 Å². The van der Waals surface area contributed by atoms with Crippen LogP contribution in [0.3, 0.4) is 0 Å². The highest BCUT2D eigenvalue weighted by Gasteiger charge is 2.17. The van der Waals surface area contributed by atoms with Gasteiger partial charge in [-0.1, -0.05) is 66.7 Å². The zero-order valence-corrected chi connectivity index (χ0v) is 17.8. The molecule has 0 spiro atoms. The number of fused-ring (bicyclic) bond motifs is 1. The number of rotatable bonds is 7. The van der Waals surface area contributed by atoms with E-state index in [9.17, 15) is 9.59 Å². The molecule has 0 aromatic heterocycles. The maximum Gasteiger partial charge on any atom is 0.259 e. The number of methoxy groups -OCH3 is 1. The summed E-state index contributed by atoms with van der Waals surface area (Å²) in [5.41, 5.74) is 2.42. The molecule has 32 heavy (non-hydrogen) atoms. The summed E-state index contributed by atoms with van der Waals surface area (Å²) >= 11 is 0. The summed E-state index contributed by atoms with van der Waals surface area (Å²) in [6, 6.07) is 28.4. The van der Waals surface area contributed by atoms with Crippen molar-refractivity contribution in [1.29, 1.82) is 0 Å². The van der Waals surface area contributed by atoms with Gasteiger partial charge in [0.15, 0.2) is 0 Å². The number of carbonyl (C=O) groups excluding carboxylic acids is 2. The quantitative estimate of drug-likeness (QED) is 0.435. The number of anilines is 1. The average Bonchev–Trinajstić information content (AvgIpc) is 2.84. The van der Waals surface area contributed by atoms with Crippen LogP contribution in [0.5, 0.6) is 5.75 Å². The molecule has 0 aliphatic carbocycles. The minimum atomic E-state index is -0.336. The topological polar surface area (TPSA) is 67.4 Å². The van der Waals surface area contributed by atoms with Crippen molar-refractivity contribution in [2.75, 3.05) is 19.0 Å². The molecule has 0 unspecified atom stereocenters. The van der Waals surface area contributed by atoms with Gasteiger partial charge >= 0.3 is 0 Å². The Morgan fingerprint density at radius 2 is 1.41 bits per heavy atom. The second-order valence-electron chi connectivity index (χ2n) is 7.39. The van der Waals surface area contributed by atoms with Gasteiger partial charge in [-0.2, -0.15) is 0 Å². The molecule has 4 aromatic rings. The molecule has 0 heterocycles. The van der Waals surface area contributed by atoms with Crippen molar-refractivity contribution in [3.05, 3.63) is 108 Å². The number of amides is 2. The highest BCUT2D eigenvalue weighted by molar-refractivity contribution is 6.11. The Balaban J connectivity index is 1.51. The van der Waals surface area contributed by atoms with Crippen molar-refractivity contribution < 1.29 is 14.3 Å². The monoisotopic (exact) mass is 424 g/mol. The summed E-state index contributed by atoms with van der Waals surface area (Å²) < 4.78 is 5.45. The zero-order chi connectivity index (χ0) is 22.3. The Morgan fingerprint density at radius 3 is 2.16 bits per heavy atom. The van der Waals surface area contributed by atoms with E-state index in [0.717, 1.165) is 22.8 Å². The van der Waals surface area contributed by atoms with E-state index in [1.807, 2.05) is 60.7 Å². The van der Waals surface area contributed by atoms with Crippen LogP contribution in [0.25, 0.3) is 10.8 Å². The molecular weight excluding hydrogens is 400 g/mol. The molecule has 0 saturated heterocycles. The molecule has 0 aliphatic heterocycles. The van der Waals surface area contributed by atoms with Crippen LogP contribution in [-0.2, 0) is 6.42 Å². The van der Waals surface area contributed by atoms with Gasteiger partial charge in [-0.25, -0.2) is 0 Å². The van der Waals surface area contributed by atoms with E-state index in [4.69, 9.17) is 4.74 Å². The lowest BCUT2D eigenvalue weighted by Crippen LogP contribution is -2.27. The molecule has 5 nitrogen and oxygen atoms in total. The summed E-state index contributed by atoms with van der Waals surface area (Å²) in [4.78, 5) is 25.9. The van der Waals surface area contributed by atoms with Crippen molar-refractivity contribution in [2.45, 2.75) is 6.42 Å². The fourth-order valence-corrected chi connectivity index (χ4v) is 3.61. The van der Waals surface area contributed by atoms with Crippen molar-refractivity contribution in [2.24, 2.45) is 0 Å². The summed E-state index contributed by atoms with van der Waals surface area (Å²) in [6.45, 7) is 0.504. The third kappa shape index (κ3) is 4.78. The number of benzene rings is 4. The Hall–Kier alpha value is -4.12. The van der Waals surface area contributed by atoms with Gasteiger partial charge in [0.2, 0.25) is 0 Å². The first-order valence-corrected chi connectivity index (χ1v) is 10.4. The second-order valence-corrected chi connectivity index (χ2v) is 7.39. The van der Waals surface area contributed by atoms with Crippen LogP contribution in [0.4, 0.5) is 5.69 Å². The van der Waals surface area contributed by atoms with Gasteiger partial charge in [0, 0.05) is 6.54 Å². The standard InChI is InChI=1S/C27H24N2O3/c1-32-25-18-21-12-6-5-11-20(21)17-23(25)27(31)29-24-14-8-7-13-22(24)26(30)28-16-15-19-9-3-2-4-10-19/h2-14,17-18H,15-16H2,1H3,(H,28,30)(H,29,31). The first-order valence-electron chi connectivity index (χ1n) is 10.4. The van der Waals surface area contributed by atoms with Crippen LogP contribution in [-0.4, -0.2) is 25.5 Å². The van der Waals surface area contributed by atoms with Crippen LogP contribution in [0.15, 0.2) is 91.0 Å². The zero-order valence-electron chi connectivity index (χ0n) is 17.8. The molecule has 0 aliphatic rings. The molecule has 2 amide bonds. The molecular formula is C27H24N2O3.